The number of H-pyrrole nitrogens is 1. The largest absolute Gasteiger partial charge is 0.470 e. The highest BCUT2D eigenvalue weighted by Gasteiger charge is 2.40. The van der Waals surface area contributed by atoms with Crippen LogP contribution in [-0.2, 0) is 4.74 Å². The van der Waals surface area contributed by atoms with Gasteiger partial charge >= 0.3 is 5.97 Å². The van der Waals surface area contributed by atoms with Crippen LogP contribution < -0.4 is 14.5 Å². The third kappa shape index (κ3) is 6.73. The summed E-state index contributed by atoms with van der Waals surface area (Å²) in [5, 5.41) is 1.49. The number of halogens is 3. The number of esters is 1. The SMILES string of the molecule is COC(=O)c1ccc(N2CCN(C(C)C3=C(c4ccc(Cl)cc4)CC(C)(C)CC3)CC2)cc1N1CC(F)(F)COc2nc3[nH]ccc3cc21. The molecule has 8 nitrogen and oxygen atoms in total. The number of piperazine rings is 1. The van der Waals surface area contributed by atoms with E-state index in [1.54, 1.807) is 18.3 Å². The molecule has 3 aliphatic rings. The van der Waals surface area contributed by atoms with Crippen molar-refractivity contribution in [2.45, 2.75) is 52.0 Å². The Morgan fingerprint density at radius 1 is 1.04 bits per heavy atom. The number of carbonyl (C=O) groups is 1. The molecule has 1 aliphatic carbocycles. The summed E-state index contributed by atoms with van der Waals surface area (Å²) >= 11 is 6.24. The molecule has 2 aromatic heterocycles. The molecule has 1 saturated heterocycles. The van der Waals surface area contributed by atoms with E-state index in [9.17, 15) is 4.79 Å². The Hall–Kier alpha value is -4.15. The van der Waals surface area contributed by atoms with Gasteiger partial charge in [0.15, 0.2) is 6.61 Å². The van der Waals surface area contributed by atoms with Crippen LogP contribution in [0.25, 0.3) is 16.6 Å². The molecule has 1 atom stereocenters. The third-order valence-electron chi connectivity index (χ3n) is 10.3. The van der Waals surface area contributed by atoms with Crippen LogP contribution in [0.4, 0.5) is 25.8 Å². The molecule has 1 fully saturated rings. The number of hydrogen-bond acceptors (Lipinski definition) is 7. The second kappa shape index (κ2) is 12.9. The molecule has 0 saturated carbocycles. The van der Waals surface area contributed by atoms with E-state index in [0.29, 0.717) is 17.0 Å². The monoisotopic (exact) mass is 689 g/mol. The maximum absolute atomic E-state index is 15.2. The number of nitrogens with one attached hydrogen (secondary N) is 1. The number of hydrogen-bond donors (Lipinski definition) is 1. The van der Waals surface area contributed by atoms with E-state index in [-0.39, 0.29) is 22.9 Å². The van der Waals surface area contributed by atoms with E-state index in [4.69, 9.17) is 21.1 Å². The van der Waals surface area contributed by atoms with E-state index in [2.05, 4.69) is 52.7 Å². The number of aromatic amines is 1. The summed E-state index contributed by atoms with van der Waals surface area (Å²) in [5.74, 6) is -3.73. The van der Waals surface area contributed by atoms with Gasteiger partial charge in [0.05, 0.1) is 24.9 Å². The maximum Gasteiger partial charge on any atom is 0.339 e. The predicted octanol–water partition coefficient (Wildman–Crippen LogP) is 8.34. The zero-order valence-electron chi connectivity index (χ0n) is 28.4. The lowest BCUT2D eigenvalue weighted by Crippen LogP contribution is -2.50. The topological polar surface area (TPSA) is 73.9 Å². The predicted molar refractivity (Wildman–Crippen MR) is 191 cm³/mol. The van der Waals surface area contributed by atoms with Gasteiger partial charge in [-0.25, -0.2) is 13.6 Å². The quantitative estimate of drug-likeness (QED) is 0.204. The highest BCUT2D eigenvalue weighted by Crippen LogP contribution is 2.46. The van der Waals surface area contributed by atoms with Crippen molar-refractivity contribution >= 4 is 51.2 Å². The smallest absolute Gasteiger partial charge is 0.339 e. The number of methoxy groups -OCH3 is 1. The summed E-state index contributed by atoms with van der Waals surface area (Å²) in [7, 11) is 1.29. The van der Waals surface area contributed by atoms with Gasteiger partial charge in [0.25, 0.3) is 5.92 Å². The number of ether oxygens (including phenoxy) is 2. The van der Waals surface area contributed by atoms with Crippen LogP contribution in [0.2, 0.25) is 5.02 Å². The number of alkyl halides is 2. The molecule has 1 N–H and O–H groups in total. The Bertz CT molecular complexity index is 1900. The number of allylic oxidation sites excluding steroid dienone is 1. The minimum absolute atomic E-state index is 0.0781. The molecule has 0 radical (unpaired) electrons. The second-order valence-electron chi connectivity index (χ2n) is 14.2. The minimum atomic E-state index is -3.20. The first-order valence-corrected chi connectivity index (χ1v) is 17.2. The van der Waals surface area contributed by atoms with Crippen molar-refractivity contribution in [1.29, 1.82) is 0 Å². The van der Waals surface area contributed by atoms with Crippen LogP contribution >= 0.6 is 11.6 Å². The lowest BCUT2D eigenvalue weighted by atomic mass is 9.71. The Morgan fingerprint density at radius 2 is 1.80 bits per heavy atom. The fraction of sp³-hybridized carbons (Fsp3) is 0.421. The molecule has 2 aliphatic heterocycles. The number of fused-ring (bicyclic) bond motifs is 2. The second-order valence-corrected chi connectivity index (χ2v) is 14.6. The normalized spacial score (nSPS) is 20.1. The van der Waals surface area contributed by atoms with Gasteiger partial charge in [-0.15, -0.1) is 0 Å². The standard InChI is InChI=1S/C38H42ClF2N5O3/c1-24(29-11-13-37(2,3)21-31(29)25-5-7-27(39)8-6-25)44-15-17-45(18-16-44)28-9-10-30(36(47)48-4)32(20-28)46-22-38(40,41)23-49-35-33(46)19-26-12-14-42-34(26)43-35/h5-10,12,14,19-20,24H,11,13,15-18,21-23H2,1-4H3,(H,42,43). The van der Waals surface area contributed by atoms with E-state index in [0.717, 1.165) is 61.5 Å². The lowest BCUT2D eigenvalue weighted by Gasteiger charge is -2.43. The highest BCUT2D eigenvalue weighted by atomic mass is 35.5. The first-order valence-electron chi connectivity index (χ1n) is 16.9. The molecule has 0 bridgehead atoms. The van der Waals surface area contributed by atoms with Crippen molar-refractivity contribution in [3.63, 3.8) is 0 Å². The zero-order valence-corrected chi connectivity index (χ0v) is 29.1. The first-order chi connectivity index (χ1) is 23.4. The third-order valence-corrected chi connectivity index (χ3v) is 10.5. The van der Waals surface area contributed by atoms with Crippen LogP contribution in [0.5, 0.6) is 5.88 Å². The van der Waals surface area contributed by atoms with Crippen molar-refractivity contribution in [3.05, 3.63) is 82.5 Å². The highest BCUT2D eigenvalue weighted by molar-refractivity contribution is 6.30. The van der Waals surface area contributed by atoms with Crippen LogP contribution in [0.1, 0.15) is 56.0 Å². The van der Waals surface area contributed by atoms with Gasteiger partial charge in [-0.1, -0.05) is 37.6 Å². The summed E-state index contributed by atoms with van der Waals surface area (Å²) < 4.78 is 41.1. The van der Waals surface area contributed by atoms with E-state index >= 15 is 8.78 Å². The Balaban J connectivity index is 1.18. The van der Waals surface area contributed by atoms with Crippen molar-refractivity contribution in [3.8, 4) is 5.88 Å². The van der Waals surface area contributed by atoms with Gasteiger partial charge in [0, 0.05) is 54.5 Å². The van der Waals surface area contributed by atoms with Gasteiger partial charge in [-0.3, -0.25) is 4.90 Å². The molecule has 7 rings (SSSR count). The molecule has 0 spiro atoms. The molecule has 2 aromatic carbocycles. The number of nitrogens with zero attached hydrogens (tertiary/aromatic N) is 4. The molecular weight excluding hydrogens is 648 g/mol. The number of aromatic nitrogens is 2. The molecule has 258 valence electrons. The minimum Gasteiger partial charge on any atom is -0.470 e. The summed E-state index contributed by atoms with van der Waals surface area (Å²) in [6.45, 7) is 8.67. The van der Waals surface area contributed by atoms with Gasteiger partial charge in [-0.2, -0.15) is 4.98 Å². The fourth-order valence-corrected chi connectivity index (χ4v) is 7.64. The maximum atomic E-state index is 15.2. The molecule has 0 amide bonds. The van der Waals surface area contributed by atoms with Crippen LogP contribution in [0.15, 0.2) is 66.4 Å². The number of benzene rings is 2. The van der Waals surface area contributed by atoms with Crippen LogP contribution in [-0.4, -0.2) is 79.2 Å². The van der Waals surface area contributed by atoms with Gasteiger partial charge < -0.3 is 24.3 Å². The van der Waals surface area contributed by atoms with Gasteiger partial charge in [0.2, 0.25) is 5.88 Å². The molecule has 4 aromatic rings. The molecule has 4 heterocycles. The lowest BCUT2D eigenvalue weighted by molar-refractivity contribution is -0.0286. The van der Waals surface area contributed by atoms with Crippen LogP contribution in [0.3, 0.4) is 0 Å². The van der Waals surface area contributed by atoms with Crippen molar-refractivity contribution in [2.24, 2.45) is 5.41 Å². The van der Waals surface area contributed by atoms with Crippen molar-refractivity contribution in [1.82, 2.24) is 14.9 Å². The summed E-state index contributed by atoms with van der Waals surface area (Å²) in [6.07, 6.45) is 4.97. The van der Waals surface area contributed by atoms with Gasteiger partial charge in [-0.05, 0) is 90.8 Å². The van der Waals surface area contributed by atoms with Crippen LogP contribution in [0, 0.1) is 5.41 Å². The summed E-state index contributed by atoms with van der Waals surface area (Å²) in [6, 6.07) is 17.5. The number of anilines is 3. The molecular formula is C38H42ClF2N5O3. The van der Waals surface area contributed by atoms with Crippen molar-refractivity contribution < 1.29 is 23.0 Å². The van der Waals surface area contributed by atoms with Gasteiger partial charge in [0.1, 0.15) is 11.3 Å². The number of rotatable bonds is 6. The van der Waals surface area contributed by atoms with Crippen molar-refractivity contribution in [2.75, 3.05) is 56.2 Å². The zero-order chi connectivity index (χ0) is 34.5. The van der Waals surface area contributed by atoms with E-state index in [1.165, 1.54) is 28.7 Å². The molecule has 49 heavy (non-hydrogen) atoms. The molecule has 11 heteroatoms. The summed E-state index contributed by atoms with van der Waals surface area (Å²) in [5.41, 5.74) is 6.67. The van der Waals surface area contributed by atoms with E-state index in [1.807, 2.05) is 30.3 Å². The van der Waals surface area contributed by atoms with E-state index < -0.39 is 25.0 Å². The average molecular weight is 690 g/mol. The Morgan fingerprint density at radius 3 is 2.53 bits per heavy atom. The Kier molecular flexibility index (Phi) is 8.81. The average Bonchev–Trinajstić information content (AvgIpc) is 3.51. The summed E-state index contributed by atoms with van der Waals surface area (Å²) in [4.78, 5) is 26.8. The number of pyridine rings is 1. The first kappa shape index (κ1) is 33.4. The number of carbonyl (C=O) groups excluding carboxylic acids is 1. The Labute approximate surface area is 290 Å². The fourth-order valence-electron chi connectivity index (χ4n) is 7.52. The molecule has 1 unspecified atom stereocenters.